The second-order valence-corrected chi connectivity index (χ2v) is 8.32. The monoisotopic (exact) mass is 466 g/mol. The lowest BCUT2D eigenvalue weighted by molar-refractivity contribution is -0.140. The van der Waals surface area contributed by atoms with Crippen molar-refractivity contribution in [3.63, 3.8) is 0 Å². The molecule has 0 aliphatic heterocycles. The third-order valence-electron chi connectivity index (χ3n) is 5.55. The van der Waals surface area contributed by atoms with Crippen molar-refractivity contribution in [2.45, 2.75) is 56.9 Å². The smallest absolute Gasteiger partial charge is 0.382 e. The number of pyridine rings is 1. The molecule has 170 valence electrons. The first kappa shape index (κ1) is 22.3. The van der Waals surface area contributed by atoms with Crippen molar-refractivity contribution in [1.29, 1.82) is 0 Å². The molecule has 1 amide bonds. The quantitative estimate of drug-likeness (QED) is 0.561. The van der Waals surface area contributed by atoms with Crippen LogP contribution >= 0.6 is 11.6 Å². The normalized spacial score (nSPS) is 19.1. The second-order valence-electron chi connectivity index (χ2n) is 7.88. The average Bonchev–Trinajstić information content (AvgIpc) is 3.27. The summed E-state index contributed by atoms with van der Waals surface area (Å²) >= 11 is 6.06. The van der Waals surface area contributed by atoms with Gasteiger partial charge in [0.05, 0.1) is 12.1 Å². The molecule has 0 unspecified atom stereocenters. The molecule has 3 aromatic rings. The molecule has 0 atom stereocenters. The maximum Gasteiger partial charge on any atom is 0.433 e. The highest BCUT2D eigenvalue weighted by atomic mass is 35.5. The third kappa shape index (κ3) is 5.48. The van der Waals surface area contributed by atoms with Crippen LogP contribution in [0.3, 0.4) is 0 Å². The van der Waals surface area contributed by atoms with E-state index in [1.807, 2.05) is 0 Å². The Labute approximate surface area is 187 Å². The molecule has 1 aliphatic carbocycles. The number of alkyl halides is 3. The number of carbonyl (C=O) groups excluding carboxylic acids is 1. The zero-order valence-corrected chi connectivity index (χ0v) is 17.8. The standard InChI is InChI=1S/C21H22ClF3N6O/c22-13-1-6-17-16(9-13)18(10-19(30-17)21(23,24)25)28-14-2-4-15(5-3-14)29-20(32)7-8-31-12-26-11-27-31/h1,6,9-12,14-15H,2-5,7-8H2,(H,28,30)(H,29,32)/t14-,15+. The van der Waals surface area contributed by atoms with Gasteiger partial charge in [-0.15, -0.1) is 0 Å². The van der Waals surface area contributed by atoms with Crippen LogP contribution in [0.25, 0.3) is 10.9 Å². The van der Waals surface area contributed by atoms with Gasteiger partial charge in [-0.05, 0) is 49.9 Å². The van der Waals surface area contributed by atoms with Gasteiger partial charge in [0.1, 0.15) is 18.3 Å². The number of carbonyl (C=O) groups is 1. The van der Waals surface area contributed by atoms with Gasteiger partial charge in [0.2, 0.25) is 5.91 Å². The average molecular weight is 467 g/mol. The van der Waals surface area contributed by atoms with Gasteiger partial charge < -0.3 is 10.6 Å². The Hall–Kier alpha value is -2.88. The Morgan fingerprint density at radius 1 is 1.16 bits per heavy atom. The fourth-order valence-electron chi connectivity index (χ4n) is 3.93. The maximum absolute atomic E-state index is 13.3. The molecule has 2 aromatic heterocycles. The molecule has 7 nitrogen and oxygen atoms in total. The Morgan fingerprint density at radius 3 is 2.59 bits per heavy atom. The van der Waals surface area contributed by atoms with E-state index in [0.29, 0.717) is 29.1 Å². The SMILES string of the molecule is O=C(CCn1cncn1)N[C@H]1CC[C@@H](Nc2cc(C(F)(F)F)nc3ccc(Cl)cc23)CC1. The van der Waals surface area contributed by atoms with Crippen LogP contribution in [0, 0.1) is 0 Å². The Morgan fingerprint density at radius 2 is 1.91 bits per heavy atom. The number of anilines is 1. The zero-order chi connectivity index (χ0) is 22.7. The Kier molecular flexibility index (Phi) is 6.50. The number of benzene rings is 1. The van der Waals surface area contributed by atoms with Gasteiger partial charge in [-0.25, -0.2) is 9.97 Å². The highest BCUT2D eigenvalue weighted by Gasteiger charge is 2.34. The topological polar surface area (TPSA) is 84.7 Å². The van der Waals surface area contributed by atoms with Gasteiger partial charge in [0.15, 0.2) is 0 Å². The molecule has 11 heteroatoms. The third-order valence-corrected chi connectivity index (χ3v) is 5.78. The number of aromatic nitrogens is 4. The summed E-state index contributed by atoms with van der Waals surface area (Å²) in [4.78, 5) is 19.8. The summed E-state index contributed by atoms with van der Waals surface area (Å²) in [5, 5.41) is 11.2. The van der Waals surface area contributed by atoms with Crippen LogP contribution in [0.2, 0.25) is 5.02 Å². The number of fused-ring (bicyclic) bond motifs is 1. The number of amides is 1. The Bertz CT molecular complexity index is 1080. The van der Waals surface area contributed by atoms with Gasteiger partial charge in [-0.2, -0.15) is 18.3 Å². The molecule has 0 saturated heterocycles. The lowest BCUT2D eigenvalue weighted by atomic mass is 9.90. The van der Waals surface area contributed by atoms with E-state index in [1.54, 1.807) is 17.1 Å². The molecule has 0 spiro atoms. The lowest BCUT2D eigenvalue weighted by Crippen LogP contribution is -2.40. The van der Waals surface area contributed by atoms with E-state index >= 15 is 0 Å². The van der Waals surface area contributed by atoms with Gasteiger partial charge in [-0.3, -0.25) is 9.48 Å². The minimum atomic E-state index is -4.54. The molecule has 2 heterocycles. The molecular weight excluding hydrogens is 445 g/mol. The molecule has 2 N–H and O–H groups in total. The van der Waals surface area contributed by atoms with Crippen molar-refractivity contribution in [3.8, 4) is 0 Å². The largest absolute Gasteiger partial charge is 0.433 e. The van der Waals surface area contributed by atoms with Gasteiger partial charge in [0, 0.05) is 34.6 Å². The van der Waals surface area contributed by atoms with Crippen LogP contribution in [-0.2, 0) is 17.5 Å². The molecule has 0 bridgehead atoms. The van der Waals surface area contributed by atoms with E-state index in [-0.39, 0.29) is 23.5 Å². The summed E-state index contributed by atoms with van der Waals surface area (Å²) in [6.45, 7) is 0.460. The molecular formula is C21H22ClF3N6O. The summed E-state index contributed by atoms with van der Waals surface area (Å²) in [5.41, 5.74) is -0.339. The number of halogens is 4. The lowest BCUT2D eigenvalue weighted by Gasteiger charge is -2.30. The fourth-order valence-corrected chi connectivity index (χ4v) is 4.10. The van der Waals surface area contributed by atoms with Gasteiger partial charge in [-0.1, -0.05) is 11.6 Å². The summed E-state index contributed by atoms with van der Waals surface area (Å²) in [7, 11) is 0. The molecule has 1 fully saturated rings. The molecule has 32 heavy (non-hydrogen) atoms. The van der Waals surface area contributed by atoms with E-state index in [4.69, 9.17) is 11.6 Å². The predicted octanol–water partition coefficient (Wildman–Crippen LogP) is 4.43. The number of nitrogens with zero attached hydrogens (tertiary/aromatic N) is 4. The van der Waals surface area contributed by atoms with E-state index < -0.39 is 11.9 Å². The van der Waals surface area contributed by atoms with Crippen molar-refractivity contribution < 1.29 is 18.0 Å². The second kappa shape index (κ2) is 9.32. The first-order chi connectivity index (χ1) is 15.3. The van der Waals surface area contributed by atoms with E-state index in [9.17, 15) is 18.0 Å². The van der Waals surface area contributed by atoms with Crippen LogP contribution in [0.4, 0.5) is 18.9 Å². The first-order valence-electron chi connectivity index (χ1n) is 10.3. The maximum atomic E-state index is 13.3. The number of hydrogen-bond donors (Lipinski definition) is 2. The first-order valence-corrected chi connectivity index (χ1v) is 10.7. The Balaban J connectivity index is 1.37. The highest BCUT2D eigenvalue weighted by Crippen LogP contribution is 2.35. The number of hydrogen-bond acceptors (Lipinski definition) is 5. The van der Waals surface area contributed by atoms with Gasteiger partial charge in [0.25, 0.3) is 0 Å². The number of aryl methyl sites for hydroxylation is 1. The molecule has 1 aromatic carbocycles. The number of nitrogens with one attached hydrogen (secondary N) is 2. The fraction of sp³-hybridized carbons (Fsp3) is 0.429. The molecule has 4 rings (SSSR count). The molecule has 1 aliphatic rings. The van der Waals surface area contributed by atoms with Crippen molar-refractivity contribution in [2.24, 2.45) is 0 Å². The number of rotatable bonds is 6. The summed E-state index contributed by atoms with van der Waals surface area (Å²) < 4.78 is 41.5. The minimum absolute atomic E-state index is 0.0102. The van der Waals surface area contributed by atoms with Crippen molar-refractivity contribution in [2.75, 3.05) is 5.32 Å². The predicted molar refractivity (Wildman–Crippen MR) is 114 cm³/mol. The highest BCUT2D eigenvalue weighted by molar-refractivity contribution is 6.31. The van der Waals surface area contributed by atoms with Crippen LogP contribution in [-0.4, -0.2) is 37.7 Å². The van der Waals surface area contributed by atoms with E-state index in [0.717, 1.165) is 31.7 Å². The minimum Gasteiger partial charge on any atom is -0.382 e. The zero-order valence-electron chi connectivity index (χ0n) is 17.1. The van der Waals surface area contributed by atoms with Crippen molar-refractivity contribution in [3.05, 3.63) is 47.6 Å². The summed E-state index contributed by atoms with van der Waals surface area (Å²) in [6.07, 6.45) is 1.67. The van der Waals surface area contributed by atoms with Crippen molar-refractivity contribution >= 4 is 34.1 Å². The summed E-state index contributed by atoms with van der Waals surface area (Å²) in [6, 6.07) is 5.71. The summed E-state index contributed by atoms with van der Waals surface area (Å²) in [5.74, 6) is -0.0542. The van der Waals surface area contributed by atoms with Crippen LogP contribution in [0.15, 0.2) is 36.9 Å². The molecule has 0 radical (unpaired) electrons. The van der Waals surface area contributed by atoms with Crippen molar-refractivity contribution in [1.82, 2.24) is 25.1 Å². The van der Waals surface area contributed by atoms with E-state index in [1.165, 1.54) is 18.5 Å². The van der Waals surface area contributed by atoms with E-state index in [2.05, 4.69) is 25.7 Å². The van der Waals surface area contributed by atoms with Crippen LogP contribution in [0.5, 0.6) is 0 Å². The molecule has 1 saturated carbocycles. The van der Waals surface area contributed by atoms with Gasteiger partial charge >= 0.3 is 6.18 Å². The van der Waals surface area contributed by atoms with Crippen LogP contribution in [0.1, 0.15) is 37.8 Å². The van der Waals surface area contributed by atoms with Crippen LogP contribution < -0.4 is 10.6 Å².